The lowest BCUT2D eigenvalue weighted by atomic mass is 9.92. The number of hydrogen-bond donors (Lipinski definition) is 1. The summed E-state index contributed by atoms with van der Waals surface area (Å²) in [5.41, 5.74) is 1.81. The van der Waals surface area contributed by atoms with Crippen LogP contribution < -0.4 is 0 Å². The molecule has 2 rings (SSSR count). The minimum Gasteiger partial charge on any atom is -0.394 e. The first-order valence-corrected chi connectivity index (χ1v) is 9.03. The molecule has 0 radical (unpaired) electrons. The van der Waals surface area contributed by atoms with Crippen molar-refractivity contribution in [2.45, 2.75) is 52.3 Å². The lowest BCUT2D eigenvalue weighted by Crippen LogP contribution is -2.50. The van der Waals surface area contributed by atoms with Crippen LogP contribution in [0.2, 0.25) is 0 Å². The normalized spacial score (nSPS) is 14.7. The van der Waals surface area contributed by atoms with Crippen LogP contribution in [-0.2, 0) is 4.84 Å². The fourth-order valence-corrected chi connectivity index (χ4v) is 3.05. The fourth-order valence-electron chi connectivity index (χ4n) is 3.05. The maximum Gasteiger partial charge on any atom is 0.102 e. The summed E-state index contributed by atoms with van der Waals surface area (Å²) in [6, 6.07) is 20.6. The summed E-state index contributed by atoms with van der Waals surface area (Å²) in [5.74, 6) is 0.330. The van der Waals surface area contributed by atoms with Crippen LogP contribution in [0.25, 0.3) is 0 Å². The Morgan fingerprint density at radius 1 is 0.880 bits per heavy atom. The lowest BCUT2D eigenvalue weighted by molar-refractivity contribution is -0.282. The van der Waals surface area contributed by atoms with E-state index in [1.54, 1.807) is 0 Å². The van der Waals surface area contributed by atoms with Gasteiger partial charge < -0.3 is 5.11 Å². The van der Waals surface area contributed by atoms with Crippen LogP contribution >= 0.6 is 0 Å². The number of hydrogen-bond acceptors (Lipinski definition) is 3. The highest BCUT2D eigenvalue weighted by Crippen LogP contribution is 2.36. The molecular formula is C22H31NO2. The fraction of sp³-hybridized carbons (Fsp3) is 0.455. The van der Waals surface area contributed by atoms with E-state index >= 15 is 0 Å². The van der Waals surface area contributed by atoms with Crippen LogP contribution in [0.4, 0.5) is 0 Å². The molecule has 0 aliphatic rings. The van der Waals surface area contributed by atoms with E-state index in [0.717, 1.165) is 5.56 Å². The van der Waals surface area contributed by atoms with Crippen molar-refractivity contribution in [3.63, 3.8) is 0 Å². The average molecular weight is 341 g/mol. The van der Waals surface area contributed by atoms with Gasteiger partial charge in [-0.25, -0.2) is 0 Å². The third kappa shape index (κ3) is 4.91. The number of nitrogens with zero attached hydrogens (tertiary/aromatic N) is 1. The second kappa shape index (κ2) is 8.61. The van der Waals surface area contributed by atoms with Crippen LogP contribution in [0.3, 0.4) is 0 Å². The molecule has 0 saturated carbocycles. The zero-order chi connectivity index (χ0) is 18.4. The molecule has 0 saturated heterocycles. The lowest BCUT2D eigenvalue weighted by Gasteiger charge is -2.44. The van der Waals surface area contributed by atoms with Gasteiger partial charge in [0.05, 0.1) is 18.2 Å². The number of benzene rings is 2. The van der Waals surface area contributed by atoms with E-state index in [2.05, 4.69) is 57.2 Å². The van der Waals surface area contributed by atoms with Crippen molar-refractivity contribution in [2.24, 2.45) is 5.92 Å². The van der Waals surface area contributed by atoms with Crippen molar-refractivity contribution in [2.75, 3.05) is 6.61 Å². The molecule has 1 N–H and O–H groups in total. The van der Waals surface area contributed by atoms with E-state index in [4.69, 9.17) is 4.84 Å². The molecule has 0 bridgehead atoms. The van der Waals surface area contributed by atoms with Crippen LogP contribution in [0.5, 0.6) is 0 Å². The Morgan fingerprint density at radius 2 is 1.36 bits per heavy atom. The Morgan fingerprint density at radius 3 is 1.80 bits per heavy atom. The van der Waals surface area contributed by atoms with Gasteiger partial charge in [-0.15, -0.1) is 0 Å². The van der Waals surface area contributed by atoms with E-state index in [9.17, 15) is 5.11 Å². The molecule has 0 amide bonds. The Labute approximate surface area is 152 Å². The SMILES string of the molecule is CC(ON(C(c1ccccc1)C(C)C)C(C)(C)CO)c1ccccc1. The van der Waals surface area contributed by atoms with Crippen molar-refractivity contribution in [1.82, 2.24) is 5.06 Å². The van der Waals surface area contributed by atoms with E-state index in [0.29, 0.717) is 5.92 Å². The first-order chi connectivity index (χ1) is 11.9. The van der Waals surface area contributed by atoms with Gasteiger partial charge in [-0.3, -0.25) is 4.84 Å². The Balaban J connectivity index is 2.37. The molecule has 2 aromatic rings. The first-order valence-electron chi connectivity index (χ1n) is 9.03. The predicted molar refractivity (Wildman–Crippen MR) is 103 cm³/mol. The topological polar surface area (TPSA) is 32.7 Å². The second-order valence-electron chi connectivity index (χ2n) is 7.55. The molecule has 136 valence electrons. The van der Waals surface area contributed by atoms with Gasteiger partial charge in [-0.1, -0.05) is 74.5 Å². The van der Waals surface area contributed by atoms with Gasteiger partial charge in [0.1, 0.15) is 6.10 Å². The van der Waals surface area contributed by atoms with Crippen molar-refractivity contribution in [3.05, 3.63) is 71.8 Å². The summed E-state index contributed by atoms with van der Waals surface area (Å²) in [5, 5.41) is 12.0. The number of aliphatic hydroxyl groups is 1. The van der Waals surface area contributed by atoms with Crippen LogP contribution in [0, 0.1) is 5.92 Å². The molecule has 0 heterocycles. The van der Waals surface area contributed by atoms with Crippen LogP contribution in [-0.4, -0.2) is 22.3 Å². The predicted octanol–water partition coefficient (Wildman–Crippen LogP) is 5.15. The van der Waals surface area contributed by atoms with Gasteiger partial charge >= 0.3 is 0 Å². The number of rotatable bonds is 8. The highest BCUT2D eigenvalue weighted by atomic mass is 16.7. The minimum absolute atomic E-state index is 0.0184. The summed E-state index contributed by atoms with van der Waals surface area (Å²) < 4.78 is 0. The largest absolute Gasteiger partial charge is 0.394 e. The average Bonchev–Trinajstić information content (AvgIpc) is 2.62. The summed E-state index contributed by atoms with van der Waals surface area (Å²) in [7, 11) is 0. The summed E-state index contributed by atoms with van der Waals surface area (Å²) in [4.78, 5) is 6.44. The number of aliphatic hydroxyl groups excluding tert-OH is 1. The minimum atomic E-state index is -0.506. The van der Waals surface area contributed by atoms with Crippen molar-refractivity contribution >= 4 is 0 Å². The van der Waals surface area contributed by atoms with Crippen LogP contribution in [0.1, 0.15) is 57.9 Å². The second-order valence-corrected chi connectivity index (χ2v) is 7.55. The summed E-state index contributed by atoms with van der Waals surface area (Å²) in [6.45, 7) is 10.5. The van der Waals surface area contributed by atoms with Gasteiger partial charge in [-0.05, 0) is 37.8 Å². The summed E-state index contributed by atoms with van der Waals surface area (Å²) >= 11 is 0. The van der Waals surface area contributed by atoms with Gasteiger partial charge in [0.15, 0.2) is 0 Å². The van der Waals surface area contributed by atoms with Gasteiger partial charge in [0.2, 0.25) is 0 Å². The molecular weight excluding hydrogens is 310 g/mol. The molecule has 3 nitrogen and oxygen atoms in total. The molecule has 2 atom stereocenters. The highest BCUT2D eigenvalue weighted by molar-refractivity contribution is 5.20. The molecule has 2 aromatic carbocycles. The third-order valence-electron chi connectivity index (χ3n) is 4.55. The summed E-state index contributed by atoms with van der Waals surface area (Å²) in [6.07, 6.45) is -0.100. The Bertz CT molecular complexity index is 625. The Kier molecular flexibility index (Phi) is 6.77. The van der Waals surface area contributed by atoms with Crippen molar-refractivity contribution in [1.29, 1.82) is 0 Å². The van der Waals surface area contributed by atoms with E-state index in [1.165, 1.54) is 5.56 Å². The zero-order valence-corrected chi connectivity index (χ0v) is 16.0. The van der Waals surface area contributed by atoms with E-state index < -0.39 is 5.54 Å². The number of hydroxylamine groups is 2. The van der Waals surface area contributed by atoms with Gasteiger partial charge in [-0.2, -0.15) is 5.06 Å². The quantitative estimate of drug-likeness (QED) is 0.674. The maximum atomic E-state index is 10.0. The molecule has 0 fully saturated rings. The van der Waals surface area contributed by atoms with Gasteiger partial charge in [0, 0.05) is 0 Å². The van der Waals surface area contributed by atoms with Crippen LogP contribution in [0.15, 0.2) is 60.7 Å². The molecule has 2 unspecified atom stereocenters. The standard InChI is InChI=1S/C22H31NO2/c1-17(2)21(20-14-10-7-11-15-20)23(22(4,5)16-24)25-18(3)19-12-8-6-9-13-19/h6-15,17-18,21,24H,16H2,1-5H3. The van der Waals surface area contributed by atoms with Gasteiger partial charge in [0.25, 0.3) is 0 Å². The highest BCUT2D eigenvalue weighted by Gasteiger charge is 2.37. The molecule has 0 aliphatic heterocycles. The van der Waals surface area contributed by atoms with Crippen molar-refractivity contribution in [3.8, 4) is 0 Å². The smallest absolute Gasteiger partial charge is 0.102 e. The van der Waals surface area contributed by atoms with E-state index in [-0.39, 0.29) is 18.8 Å². The maximum absolute atomic E-state index is 10.0. The molecule has 3 heteroatoms. The molecule has 0 spiro atoms. The first kappa shape index (κ1) is 19.6. The molecule has 0 aromatic heterocycles. The Hall–Kier alpha value is -1.68. The third-order valence-corrected chi connectivity index (χ3v) is 4.55. The monoisotopic (exact) mass is 341 g/mol. The van der Waals surface area contributed by atoms with E-state index in [1.807, 2.05) is 43.2 Å². The molecule has 0 aliphatic carbocycles. The zero-order valence-electron chi connectivity index (χ0n) is 16.0. The molecule has 25 heavy (non-hydrogen) atoms. The van der Waals surface area contributed by atoms with Crippen molar-refractivity contribution < 1.29 is 9.94 Å².